The lowest BCUT2D eigenvalue weighted by Crippen LogP contribution is -2.30. The van der Waals surface area contributed by atoms with Gasteiger partial charge in [0.05, 0.1) is 17.4 Å². The number of aromatic nitrogens is 4. The first-order chi connectivity index (χ1) is 13.7. The van der Waals surface area contributed by atoms with Crippen molar-refractivity contribution in [2.24, 2.45) is 0 Å². The molecule has 0 saturated heterocycles. The molecule has 6 nitrogen and oxygen atoms in total. The van der Waals surface area contributed by atoms with Crippen LogP contribution in [0.2, 0.25) is 0 Å². The quantitative estimate of drug-likeness (QED) is 0.523. The van der Waals surface area contributed by atoms with E-state index < -0.39 is 0 Å². The third-order valence-electron chi connectivity index (χ3n) is 4.35. The van der Waals surface area contributed by atoms with Crippen LogP contribution in [0.15, 0.2) is 67.1 Å². The molecule has 0 aliphatic rings. The molecule has 4 rings (SSSR count). The number of amides is 1. The summed E-state index contributed by atoms with van der Waals surface area (Å²) in [5.41, 5.74) is 2.50. The normalized spacial score (nSPS) is 11.9. The Hall–Kier alpha value is -3.32. The van der Waals surface area contributed by atoms with Gasteiger partial charge in [0.2, 0.25) is 0 Å². The van der Waals surface area contributed by atoms with E-state index in [1.165, 1.54) is 11.3 Å². The molecule has 0 radical (unpaired) electrons. The lowest BCUT2D eigenvalue weighted by Gasteiger charge is -2.18. The van der Waals surface area contributed by atoms with Crippen LogP contribution in [0.1, 0.15) is 32.8 Å². The first-order valence-corrected chi connectivity index (χ1v) is 9.75. The molecule has 0 aliphatic carbocycles. The van der Waals surface area contributed by atoms with E-state index in [9.17, 15) is 4.79 Å². The fourth-order valence-corrected chi connectivity index (χ4v) is 3.92. The van der Waals surface area contributed by atoms with Gasteiger partial charge in [-0.05, 0) is 24.6 Å². The van der Waals surface area contributed by atoms with E-state index in [0.717, 1.165) is 22.1 Å². The van der Waals surface area contributed by atoms with Crippen molar-refractivity contribution >= 4 is 17.2 Å². The van der Waals surface area contributed by atoms with Crippen molar-refractivity contribution in [1.29, 1.82) is 0 Å². The van der Waals surface area contributed by atoms with Gasteiger partial charge in [0.15, 0.2) is 0 Å². The number of H-pyrrole nitrogens is 1. The number of pyridine rings is 1. The van der Waals surface area contributed by atoms with E-state index in [2.05, 4.69) is 25.3 Å². The maximum atomic E-state index is 13.0. The molecule has 4 aromatic rings. The molecule has 0 spiro atoms. The van der Waals surface area contributed by atoms with Crippen molar-refractivity contribution in [2.45, 2.75) is 19.4 Å². The van der Waals surface area contributed by atoms with Crippen LogP contribution in [0.25, 0.3) is 10.7 Å². The van der Waals surface area contributed by atoms with Crippen LogP contribution < -0.4 is 5.32 Å². The van der Waals surface area contributed by atoms with Crippen LogP contribution in [-0.2, 0) is 6.42 Å². The van der Waals surface area contributed by atoms with E-state index in [0.29, 0.717) is 17.0 Å². The van der Waals surface area contributed by atoms with Crippen LogP contribution >= 0.6 is 11.3 Å². The highest BCUT2D eigenvalue weighted by Gasteiger charge is 2.21. The van der Waals surface area contributed by atoms with Gasteiger partial charge in [-0.2, -0.15) is 0 Å². The van der Waals surface area contributed by atoms with Gasteiger partial charge in [-0.3, -0.25) is 9.78 Å². The number of imidazole rings is 1. The van der Waals surface area contributed by atoms with Crippen LogP contribution in [-0.4, -0.2) is 25.8 Å². The van der Waals surface area contributed by atoms with Gasteiger partial charge in [-0.15, -0.1) is 11.3 Å². The molecule has 1 aromatic carbocycles. The van der Waals surface area contributed by atoms with Crippen molar-refractivity contribution in [2.75, 3.05) is 0 Å². The second-order valence-electron chi connectivity index (χ2n) is 6.33. The minimum absolute atomic E-state index is 0.141. The summed E-state index contributed by atoms with van der Waals surface area (Å²) >= 11 is 1.36. The zero-order valence-electron chi connectivity index (χ0n) is 15.3. The Kier molecular flexibility index (Phi) is 5.25. The summed E-state index contributed by atoms with van der Waals surface area (Å²) in [7, 11) is 0. The van der Waals surface area contributed by atoms with Gasteiger partial charge in [-0.1, -0.05) is 36.4 Å². The molecule has 3 heterocycles. The zero-order valence-corrected chi connectivity index (χ0v) is 16.1. The number of hydrogen-bond acceptors (Lipinski definition) is 5. The molecule has 0 bridgehead atoms. The third-order valence-corrected chi connectivity index (χ3v) is 5.53. The molecule has 140 valence electrons. The van der Waals surface area contributed by atoms with Crippen molar-refractivity contribution in [3.8, 4) is 10.7 Å². The summed E-state index contributed by atoms with van der Waals surface area (Å²) in [6.07, 6.45) is 5.80. The van der Waals surface area contributed by atoms with Gasteiger partial charge in [0.25, 0.3) is 5.91 Å². The van der Waals surface area contributed by atoms with Gasteiger partial charge in [0.1, 0.15) is 15.7 Å². The Morgan fingerprint density at radius 2 is 1.93 bits per heavy atom. The molecule has 1 atom stereocenters. The van der Waals surface area contributed by atoms with Gasteiger partial charge >= 0.3 is 0 Å². The maximum absolute atomic E-state index is 13.0. The average molecular weight is 389 g/mol. The summed E-state index contributed by atoms with van der Waals surface area (Å²) in [6, 6.07) is 15.4. The molecular weight excluding hydrogens is 370 g/mol. The molecule has 1 unspecified atom stereocenters. The molecule has 7 heteroatoms. The van der Waals surface area contributed by atoms with E-state index in [1.807, 2.05) is 55.5 Å². The molecule has 3 aromatic heterocycles. The Balaban J connectivity index is 1.58. The highest BCUT2D eigenvalue weighted by atomic mass is 32.1. The number of nitrogens with zero attached hydrogens (tertiary/aromatic N) is 3. The second kappa shape index (κ2) is 8.14. The molecule has 0 fully saturated rings. The first kappa shape index (κ1) is 18.1. The number of benzene rings is 1. The topological polar surface area (TPSA) is 83.6 Å². The standard InChI is InChI=1S/C21H19N5OS/c1-14-19(28-21(25-14)16-9-5-6-10-22-16)20(27)26-17(13-18-23-11-12-24-18)15-7-3-2-4-8-15/h2-12,17H,13H2,1H3,(H,23,24)(H,26,27). The number of rotatable bonds is 6. The fraction of sp³-hybridized carbons (Fsp3) is 0.143. The number of carbonyl (C=O) groups excluding carboxylic acids is 1. The highest BCUT2D eigenvalue weighted by molar-refractivity contribution is 7.17. The monoisotopic (exact) mass is 389 g/mol. The van der Waals surface area contributed by atoms with Crippen LogP contribution in [0.3, 0.4) is 0 Å². The maximum Gasteiger partial charge on any atom is 0.263 e. The Labute approximate surface area is 166 Å². The molecule has 0 saturated carbocycles. The van der Waals surface area contributed by atoms with Crippen molar-refractivity contribution in [3.05, 3.63) is 89.1 Å². The average Bonchev–Trinajstić information content (AvgIpc) is 3.38. The Bertz CT molecular complexity index is 1050. The summed E-state index contributed by atoms with van der Waals surface area (Å²) < 4.78 is 0. The van der Waals surface area contributed by atoms with E-state index >= 15 is 0 Å². The third kappa shape index (κ3) is 3.99. The minimum atomic E-state index is -0.195. The highest BCUT2D eigenvalue weighted by Crippen LogP contribution is 2.27. The summed E-state index contributed by atoms with van der Waals surface area (Å²) in [6.45, 7) is 1.85. The fourth-order valence-electron chi connectivity index (χ4n) is 2.97. The first-order valence-electron chi connectivity index (χ1n) is 8.93. The van der Waals surface area contributed by atoms with Crippen molar-refractivity contribution in [1.82, 2.24) is 25.3 Å². The van der Waals surface area contributed by atoms with E-state index in [1.54, 1.807) is 18.6 Å². The lowest BCUT2D eigenvalue weighted by atomic mass is 10.0. The predicted octanol–water partition coefficient (Wildman–Crippen LogP) is 3.95. The number of hydrogen-bond donors (Lipinski definition) is 2. The Morgan fingerprint density at radius 1 is 1.11 bits per heavy atom. The van der Waals surface area contributed by atoms with Crippen molar-refractivity contribution < 1.29 is 4.79 Å². The molecular formula is C21H19N5OS. The van der Waals surface area contributed by atoms with E-state index in [-0.39, 0.29) is 11.9 Å². The van der Waals surface area contributed by atoms with Crippen LogP contribution in [0.5, 0.6) is 0 Å². The largest absolute Gasteiger partial charge is 0.349 e. The molecule has 2 N–H and O–H groups in total. The van der Waals surface area contributed by atoms with E-state index in [4.69, 9.17) is 0 Å². The van der Waals surface area contributed by atoms with Crippen LogP contribution in [0, 0.1) is 6.92 Å². The molecule has 0 aliphatic heterocycles. The zero-order chi connectivity index (χ0) is 19.3. The number of nitrogens with one attached hydrogen (secondary N) is 2. The number of aromatic amines is 1. The van der Waals surface area contributed by atoms with Gasteiger partial charge < -0.3 is 10.3 Å². The van der Waals surface area contributed by atoms with Crippen molar-refractivity contribution in [3.63, 3.8) is 0 Å². The molecule has 28 heavy (non-hydrogen) atoms. The number of carbonyl (C=O) groups is 1. The van der Waals surface area contributed by atoms with Gasteiger partial charge in [-0.25, -0.2) is 9.97 Å². The lowest BCUT2D eigenvalue weighted by molar-refractivity contribution is 0.0939. The SMILES string of the molecule is Cc1nc(-c2ccccn2)sc1C(=O)NC(Cc1ncc[nH]1)c1ccccc1. The second-order valence-corrected chi connectivity index (χ2v) is 7.32. The Morgan fingerprint density at radius 3 is 2.64 bits per heavy atom. The summed E-state index contributed by atoms with van der Waals surface area (Å²) in [5.74, 6) is 0.682. The summed E-state index contributed by atoms with van der Waals surface area (Å²) in [4.78, 5) is 29.9. The minimum Gasteiger partial charge on any atom is -0.349 e. The predicted molar refractivity (Wildman–Crippen MR) is 109 cm³/mol. The number of thiazole rings is 1. The van der Waals surface area contributed by atoms with Crippen LogP contribution in [0.4, 0.5) is 0 Å². The molecule has 1 amide bonds. The van der Waals surface area contributed by atoms with Gasteiger partial charge in [0, 0.05) is 25.0 Å². The smallest absolute Gasteiger partial charge is 0.263 e. The number of aryl methyl sites for hydroxylation is 1. The summed E-state index contributed by atoms with van der Waals surface area (Å²) in [5, 5.41) is 3.89.